The van der Waals surface area contributed by atoms with Crippen molar-refractivity contribution in [2.45, 2.75) is 24.2 Å². The second-order valence-electron chi connectivity index (χ2n) is 10.4. The van der Waals surface area contributed by atoms with E-state index in [0.717, 1.165) is 39.1 Å². The van der Waals surface area contributed by atoms with Crippen LogP contribution in [0.3, 0.4) is 0 Å². The lowest BCUT2D eigenvalue weighted by Gasteiger charge is -2.14. The number of hydrogen-bond donors (Lipinski definition) is 3. The van der Waals surface area contributed by atoms with Gasteiger partial charge in [-0.25, -0.2) is 9.98 Å². The molecule has 210 valence electrons. The molecule has 2 aliphatic rings. The molecule has 4 aromatic carbocycles. The van der Waals surface area contributed by atoms with Crippen molar-refractivity contribution >= 4 is 47.5 Å². The van der Waals surface area contributed by atoms with Gasteiger partial charge in [-0.1, -0.05) is 60.1 Å². The van der Waals surface area contributed by atoms with E-state index in [2.05, 4.69) is 15.3 Å². The van der Waals surface area contributed by atoms with Crippen LogP contribution >= 0.6 is 11.6 Å². The number of rotatable bonds is 8. The van der Waals surface area contributed by atoms with Crippen molar-refractivity contribution in [2.75, 3.05) is 12.4 Å². The third kappa shape index (κ3) is 4.80. The number of nitrogens with two attached hydrogens (primary N) is 1. The van der Waals surface area contributed by atoms with Gasteiger partial charge in [-0.2, -0.15) is 0 Å². The highest BCUT2D eigenvalue weighted by molar-refractivity contribution is 6.34. The SMILES string of the molecule is COc1ccc(C2CC23C(=O)Nc2cc(Cl)c(-c4ccc(-c5ccc(N=CN=CN)cc5)cc4)cc23)cc1CC(=O)O. The van der Waals surface area contributed by atoms with Crippen LogP contribution in [-0.2, 0) is 21.4 Å². The van der Waals surface area contributed by atoms with Gasteiger partial charge in [0.2, 0.25) is 5.91 Å². The van der Waals surface area contributed by atoms with Gasteiger partial charge in [0.1, 0.15) is 12.1 Å². The van der Waals surface area contributed by atoms with Gasteiger partial charge in [0.05, 0.1) is 36.0 Å². The average molecular weight is 579 g/mol. The molecule has 8 nitrogen and oxygen atoms in total. The van der Waals surface area contributed by atoms with Crippen molar-refractivity contribution in [3.8, 4) is 28.0 Å². The third-order valence-corrected chi connectivity index (χ3v) is 8.32. The molecule has 6 rings (SSSR count). The monoisotopic (exact) mass is 578 g/mol. The lowest BCUT2D eigenvalue weighted by atomic mass is 9.89. The molecule has 2 atom stereocenters. The first-order valence-electron chi connectivity index (χ1n) is 13.3. The van der Waals surface area contributed by atoms with E-state index in [9.17, 15) is 14.7 Å². The van der Waals surface area contributed by atoms with Crippen LogP contribution in [0.25, 0.3) is 22.3 Å². The molecule has 4 N–H and O–H groups in total. The van der Waals surface area contributed by atoms with Gasteiger partial charge < -0.3 is 20.9 Å². The number of carboxylic acid groups (broad SMARTS) is 1. The molecule has 1 aliphatic carbocycles. The third-order valence-electron chi connectivity index (χ3n) is 8.01. The van der Waals surface area contributed by atoms with Gasteiger partial charge in [0, 0.05) is 22.7 Å². The van der Waals surface area contributed by atoms with E-state index in [1.807, 2.05) is 72.8 Å². The summed E-state index contributed by atoms with van der Waals surface area (Å²) in [5, 5.41) is 12.9. The molecule has 1 fully saturated rings. The van der Waals surface area contributed by atoms with E-state index in [1.165, 1.54) is 19.8 Å². The van der Waals surface area contributed by atoms with Crippen LogP contribution < -0.4 is 15.8 Å². The summed E-state index contributed by atoms with van der Waals surface area (Å²) < 4.78 is 5.36. The van der Waals surface area contributed by atoms with Crippen LogP contribution in [0.2, 0.25) is 5.02 Å². The highest BCUT2D eigenvalue weighted by Gasteiger charge is 2.65. The summed E-state index contributed by atoms with van der Waals surface area (Å²) >= 11 is 6.73. The fraction of sp³-hybridized carbons (Fsp3) is 0.152. The minimum atomic E-state index is -0.940. The number of nitrogens with one attached hydrogen (secondary N) is 1. The Hall–Kier alpha value is -4.95. The molecule has 0 bridgehead atoms. The van der Waals surface area contributed by atoms with E-state index < -0.39 is 11.4 Å². The number of methoxy groups -OCH3 is 1. The lowest BCUT2D eigenvalue weighted by Crippen LogP contribution is -2.21. The quantitative estimate of drug-likeness (QED) is 0.166. The predicted octanol–water partition coefficient (Wildman–Crippen LogP) is 6.33. The molecule has 42 heavy (non-hydrogen) atoms. The number of halogens is 1. The molecule has 0 saturated heterocycles. The highest BCUT2D eigenvalue weighted by atomic mass is 35.5. The summed E-state index contributed by atoms with van der Waals surface area (Å²) in [5.74, 6) is -0.566. The Morgan fingerprint density at radius 1 is 1.07 bits per heavy atom. The average Bonchev–Trinajstić information content (AvgIpc) is 3.68. The fourth-order valence-corrected chi connectivity index (χ4v) is 6.15. The Labute approximate surface area is 247 Å². The Kier molecular flexibility index (Phi) is 7.00. The predicted molar refractivity (Wildman–Crippen MR) is 165 cm³/mol. The van der Waals surface area contributed by atoms with Crippen molar-refractivity contribution in [3.63, 3.8) is 0 Å². The number of ether oxygens (including phenoxy) is 1. The maximum absolute atomic E-state index is 13.3. The maximum Gasteiger partial charge on any atom is 0.307 e. The number of benzene rings is 4. The molecule has 0 aromatic heterocycles. The largest absolute Gasteiger partial charge is 0.496 e. The Morgan fingerprint density at radius 2 is 1.76 bits per heavy atom. The molecule has 1 amide bonds. The van der Waals surface area contributed by atoms with Gasteiger partial charge in [0.15, 0.2) is 0 Å². The number of carbonyl (C=O) groups is 2. The Bertz CT molecular complexity index is 1770. The van der Waals surface area contributed by atoms with Gasteiger partial charge in [0.25, 0.3) is 0 Å². The molecule has 2 unspecified atom stereocenters. The number of anilines is 1. The van der Waals surface area contributed by atoms with Gasteiger partial charge in [-0.15, -0.1) is 0 Å². The van der Waals surface area contributed by atoms with E-state index in [4.69, 9.17) is 22.1 Å². The van der Waals surface area contributed by atoms with Crippen LogP contribution in [0, 0.1) is 0 Å². The number of nitrogens with zero attached hydrogens (tertiary/aromatic N) is 2. The van der Waals surface area contributed by atoms with Crippen molar-refractivity contribution in [1.82, 2.24) is 0 Å². The van der Waals surface area contributed by atoms with Crippen molar-refractivity contribution in [2.24, 2.45) is 15.7 Å². The molecule has 1 aliphatic heterocycles. The number of aliphatic carboxylic acids is 1. The number of aliphatic imine (C=N–C) groups is 2. The fourth-order valence-electron chi connectivity index (χ4n) is 5.87. The summed E-state index contributed by atoms with van der Waals surface area (Å²) in [6.45, 7) is 0. The van der Waals surface area contributed by atoms with E-state index in [0.29, 0.717) is 28.4 Å². The van der Waals surface area contributed by atoms with Gasteiger partial charge in [-0.3, -0.25) is 9.59 Å². The van der Waals surface area contributed by atoms with Gasteiger partial charge in [-0.05, 0) is 64.6 Å². The molecule has 4 aromatic rings. The zero-order valence-electron chi connectivity index (χ0n) is 22.7. The Balaban J connectivity index is 1.29. The molecule has 1 saturated carbocycles. The number of fused-ring (bicyclic) bond motifs is 2. The van der Waals surface area contributed by atoms with E-state index >= 15 is 0 Å². The van der Waals surface area contributed by atoms with Crippen LogP contribution in [0.4, 0.5) is 11.4 Å². The second-order valence-corrected chi connectivity index (χ2v) is 10.8. The van der Waals surface area contributed by atoms with Crippen molar-refractivity contribution in [1.29, 1.82) is 0 Å². The number of carboxylic acids is 1. The van der Waals surface area contributed by atoms with Crippen LogP contribution in [0.1, 0.15) is 29.0 Å². The van der Waals surface area contributed by atoms with Gasteiger partial charge >= 0.3 is 5.97 Å². The van der Waals surface area contributed by atoms with Crippen molar-refractivity contribution < 1.29 is 19.4 Å². The first-order chi connectivity index (χ1) is 20.3. The smallest absolute Gasteiger partial charge is 0.307 e. The molecule has 1 heterocycles. The maximum atomic E-state index is 13.3. The van der Waals surface area contributed by atoms with Crippen LogP contribution in [0.15, 0.2) is 88.8 Å². The van der Waals surface area contributed by atoms with E-state index in [-0.39, 0.29) is 18.2 Å². The lowest BCUT2D eigenvalue weighted by molar-refractivity contribution is -0.136. The molecular weight excluding hydrogens is 552 g/mol. The number of amides is 1. The minimum absolute atomic E-state index is 0.0655. The summed E-state index contributed by atoms with van der Waals surface area (Å²) in [5.41, 5.74) is 12.3. The summed E-state index contributed by atoms with van der Waals surface area (Å²) in [6.07, 6.45) is 3.06. The molecule has 9 heteroatoms. The molecular formula is C33H27ClN4O4. The highest BCUT2D eigenvalue weighted by Crippen LogP contribution is 2.65. The standard InChI is InChI=1S/C33H27ClN4O4/c1-42-30-11-8-22(12-23(30)13-31(39)40)27-16-33(27)26-14-25(28(34)15-29(26)38-32(33)41)21-4-2-19(3-5-21)20-6-9-24(10-7-20)37-18-36-17-35/h2-12,14-15,17-18,27H,13,16H2,1H3,(H,38,41)(H,39,40)(H2,35,36,37). The summed E-state index contributed by atoms with van der Waals surface area (Å²) in [4.78, 5) is 32.8. The van der Waals surface area contributed by atoms with Crippen LogP contribution in [0.5, 0.6) is 5.75 Å². The number of hydrogen-bond acceptors (Lipinski definition) is 4. The number of carbonyl (C=O) groups excluding carboxylic acids is 1. The van der Waals surface area contributed by atoms with Crippen LogP contribution in [-0.4, -0.2) is 36.8 Å². The first-order valence-corrected chi connectivity index (χ1v) is 13.7. The normalized spacial score (nSPS) is 18.9. The zero-order chi connectivity index (χ0) is 29.4. The van der Waals surface area contributed by atoms with E-state index in [1.54, 1.807) is 6.07 Å². The second kappa shape index (κ2) is 10.8. The first kappa shape index (κ1) is 27.2. The minimum Gasteiger partial charge on any atom is -0.496 e. The molecule has 0 radical (unpaired) electrons. The summed E-state index contributed by atoms with van der Waals surface area (Å²) in [7, 11) is 1.52. The summed E-state index contributed by atoms with van der Waals surface area (Å²) in [6, 6.07) is 25.3. The topological polar surface area (TPSA) is 126 Å². The molecule has 1 spiro atoms. The van der Waals surface area contributed by atoms with Crippen molar-refractivity contribution in [3.05, 3.63) is 101 Å². The Morgan fingerprint density at radius 3 is 2.43 bits per heavy atom. The zero-order valence-corrected chi connectivity index (χ0v) is 23.4.